The van der Waals surface area contributed by atoms with Crippen LogP contribution in [0.15, 0.2) is 24.3 Å². The summed E-state index contributed by atoms with van der Waals surface area (Å²) in [6.07, 6.45) is 6.55. The van der Waals surface area contributed by atoms with Crippen LogP contribution in [0.4, 0.5) is 4.79 Å². The highest BCUT2D eigenvalue weighted by atomic mass is 16.6. The number of benzene rings is 1. The molecule has 1 fully saturated rings. The Kier molecular flexibility index (Phi) is 6.74. The molecule has 0 radical (unpaired) electrons. The molecular weight excluding hydrogens is 326 g/mol. The van der Waals surface area contributed by atoms with Gasteiger partial charge in [-0.15, -0.1) is 0 Å². The molecule has 1 aliphatic rings. The van der Waals surface area contributed by atoms with Crippen LogP contribution in [0.25, 0.3) is 6.08 Å². The summed E-state index contributed by atoms with van der Waals surface area (Å²) in [5, 5.41) is 2.94. The van der Waals surface area contributed by atoms with Gasteiger partial charge in [-0.25, -0.2) is 4.79 Å². The van der Waals surface area contributed by atoms with Crippen LogP contribution in [-0.4, -0.2) is 18.3 Å². The maximum atomic E-state index is 12.1. The molecule has 1 aliphatic carbocycles. The first-order chi connectivity index (χ1) is 12.1. The standard InChI is InChI=1S/C22H33NO3/c1-15(2)14-25-19-12-11-18(10-9-17-7-8-17)20(13-19)16(3)23-21(24)26-22(4,5)6/h9-13,15-17H,7-8,14H2,1-6H3,(H,23,24)/b10-9+/t16-/m0/s1. The lowest BCUT2D eigenvalue weighted by atomic mass is 10.00. The summed E-state index contributed by atoms with van der Waals surface area (Å²) < 4.78 is 11.3. The molecule has 4 heteroatoms. The van der Waals surface area contributed by atoms with Gasteiger partial charge < -0.3 is 14.8 Å². The van der Waals surface area contributed by atoms with Gasteiger partial charge in [0.25, 0.3) is 0 Å². The van der Waals surface area contributed by atoms with Gasteiger partial charge in [-0.1, -0.05) is 32.1 Å². The maximum Gasteiger partial charge on any atom is 0.408 e. The van der Waals surface area contributed by atoms with Gasteiger partial charge in [0.15, 0.2) is 0 Å². The van der Waals surface area contributed by atoms with E-state index in [2.05, 4.69) is 37.4 Å². The Hall–Kier alpha value is -1.97. The average molecular weight is 360 g/mol. The van der Waals surface area contributed by atoms with Gasteiger partial charge in [0.2, 0.25) is 0 Å². The van der Waals surface area contributed by atoms with E-state index in [1.807, 2.05) is 39.8 Å². The SMILES string of the molecule is CC(C)COc1ccc(/C=C/C2CC2)c([C@H](C)NC(=O)OC(C)(C)C)c1. The van der Waals surface area contributed by atoms with Crippen molar-refractivity contribution in [2.75, 3.05) is 6.61 Å². The minimum Gasteiger partial charge on any atom is -0.493 e. The molecule has 1 N–H and O–H groups in total. The molecule has 1 aromatic rings. The van der Waals surface area contributed by atoms with Crippen molar-refractivity contribution >= 4 is 12.2 Å². The number of hydrogen-bond donors (Lipinski definition) is 1. The Labute approximate surface area is 158 Å². The number of carbonyl (C=O) groups excluding carboxylic acids is 1. The Bertz CT molecular complexity index is 639. The van der Waals surface area contributed by atoms with E-state index in [1.165, 1.54) is 12.8 Å². The zero-order valence-corrected chi connectivity index (χ0v) is 17.0. The van der Waals surface area contributed by atoms with Crippen molar-refractivity contribution in [2.45, 2.75) is 66.0 Å². The number of amides is 1. The van der Waals surface area contributed by atoms with Crippen molar-refractivity contribution in [3.05, 3.63) is 35.4 Å². The highest BCUT2D eigenvalue weighted by molar-refractivity contribution is 5.69. The summed E-state index contributed by atoms with van der Waals surface area (Å²) in [6, 6.07) is 5.92. The second kappa shape index (κ2) is 8.61. The first kappa shape index (κ1) is 20.3. The van der Waals surface area contributed by atoms with Crippen LogP contribution in [0.3, 0.4) is 0 Å². The van der Waals surface area contributed by atoms with E-state index in [4.69, 9.17) is 9.47 Å². The van der Waals surface area contributed by atoms with Crippen molar-refractivity contribution in [3.8, 4) is 5.75 Å². The highest BCUT2D eigenvalue weighted by Crippen LogP contribution is 2.32. The fourth-order valence-corrected chi connectivity index (χ4v) is 2.52. The molecule has 1 saturated carbocycles. The van der Waals surface area contributed by atoms with E-state index in [9.17, 15) is 4.79 Å². The van der Waals surface area contributed by atoms with Crippen molar-refractivity contribution in [3.63, 3.8) is 0 Å². The average Bonchev–Trinajstić information content (AvgIpc) is 3.33. The Morgan fingerprint density at radius 1 is 1.27 bits per heavy atom. The molecule has 1 amide bonds. The summed E-state index contributed by atoms with van der Waals surface area (Å²) in [7, 11) is 0. The summed E-state index contributed by atoms with van der Waals surface area (Å²) >= 11 is 0. The van der Waals surface area contributed by atoms with Gasteiger partial charge in [-0.2, -0.15) is 0 Å². The zero-order valence-electron chi connectivity index (χ0n) is 17.0. The summed E-state index contributed by atoms with van der Waals surface area (Å²) in [5.74, 6) is 1.99. The largest absolute Gasteiger partial charge is 0.493 e. The van der Waals surface area contributed by atoms with Crippen LogP contribution < -0.4 is 10.1 Å². The van der Waals surface area contributed by atoms with Gasteiger partial charge in [-0.05, 0) is 75.6 Å². The van der Waals surface area contributed by atoms with Crippen LogP contribution in [0.2, 0.25) is 0 Å². The third kappa shape index (κ3) is 7.11. The predicted octanol–water partition coefficient (Wildman–Crippen LogP) is 5.73. The molecule has 0 aliphatic heterocycles. The van der Waals surface area contributed by atoms with Crippen molar-refractivity contribution in [2.24, 2.45) is 11.8 Å². The number of alkyl carbamates (subject to hydrolysis) is 1. The second-order valence-electron chi connectivity index (χ2n) is 8.56. The van der Waals surface area contributed by atoms with Gasteiger partial charge >= 0.3 is 6.09 Å². The molecule has 0 heterocycles. The fraction of sp³-hybridized carbons (Fsp3) is 0.591. The quantitative estimate of drug-likeness (QED) is 0.676. The Morgan fingerprint density at radius 3 is 2.54 bits per heavy atom. The second-order valence-corrected chi connectivity index (χ2v) is 8.56. The third-order valence-corrected chi connectivity index (χ3v) is 4.01. The maximum absolute atomic E-state index is 12.1. The molecule has 144 valence electrons. The summed E-state index contributed by atoms with van der Waals surface area (Å²) in [5.41, 5.74) is 1.63. The van der Waals surface area contributed by atoms with E-state index in [0.717, 1.165) is 16.9 Å². The number of allylic oxidation sites excluding steroid dienone is 1. The molecule has 2 rings (SSSR count). The van der Waals surface area contributed by atoms with Crippen molar-refractivity contribution in [1.82, 2.24) is 5.32 Å². The lowest BCUT2D eigenvalue weighted by molar-refractivity contribution is 0.0508. The summed E-state index contributed by atoms with van der Waals surface area (Å²) in [4.78, 5) is 12.1. The van der Waals surface area contributed by atoms with E-state index in [-0.39, 0.29) is 6.04 Å². The molecule has 0 aromatic heterocycles. The lowest BCUT2D eigenvalue weighted by Gasteiger charge is -2.23. The van der Waals surface area contributed by atoms with Crippen LogP contribution in [-0.2, 0) is 4.74 Å². The fourth-order valence-electron chi connectivity index (χ4n) is 2.52. The lowest BCUT2D eigenvalue weighted by Crippen LogP contribution is -2.34. The molecule has 1 aromatic carbocycles. The highest BCUT2D eigenvalue weighted by Gasteiger charge is 2.21. The molecule has 1 atom stereocenters. The monoisotopic (exact) mass is 359 g/mol. The van der Waals surface area contributed by atoms with Gasteiger partial charge in [-0.3, -0.25) is 0 Å². The number of rotatable bonds is 7. The van der Waals surface area contributed by atoms with Crippen LogP contribution in [0, 0.1) is 11.8 Å². The first-order valence-corrected chi connectivity index (χ1v) is 9.58. The van der Waals surface area contributed by atoms with Crippen LogP contribution in [0.1, 0.15) is 71.6 Å². The Balaban J connectivity index is 2.16. The molecule has 0 spiro atoms. The van der Waals surface area contributed by atoms with Gasteiger partial charge in [0.05, 0.1) is 12.6 Å². The number of ether oxygens (including phenoxy) is 2. The molecule has 0 bridgehead atoms. The first-order valence-electron chi connectivity index (χ1n) is 9.58. The number of carbonyl (C=O) groups is 1. The van der Waals surface area contributed by atoms with Crippen LogP contribution in [0.5, 0.6) is 5.75 Å². The van der Waals surface area contributed by atoms with Gasteiger partial charge in [0, 0.05) is 0 Å². The number of nitrogens with one attached hydrogen (secondary N) is 1. The normalized spacial score (nSPS) is 16.0. The molecule has 26 heavy (non-hydrogen) atoms. The molecule has 0 saturated heterocycles. The van der Waals surface area contributed by atoms with E-state index >= 15 is 0 Å². The topological polar surface area (TPSA) is 47.6 Å². The number of hydrogen-bond acceptors (Lipinski definition) is 3. The predicted molar refractivity (Wildman–Crippen MR) is 106 cm³/mol. The molecule has 4 nitrogen and oxygen atoms in total. The zero-order chi connectivity index (χ0) is 19.3. The van der Waals surface area contributed by atoms with E-state index in [1.54, 1.807) is 0 Å². The van der Waals surface area contributed by atoms with Crippen molar-refractivity contribution < 1.29 is 14.3 Å². The minimum atomic E-state index is -0.513. The summed E-state index contributed by atoms with van der Waals surface area (Å²) in [6.45, 7) is 12.5. The molecule has 0 unspecified atom stereocenters. The van der Waals surface area contributed by atoms with E-state index in [0.29, 0.717) is 18.4 Å². The van der Waals surface area contributed by atoms with E-state index < -0.39 is 11.7 Å². The van der Waals surface area contributed by atoms with Gasteiger partial charge in [0.1, 0.15) is 11.4 Å². The smallest absolute Gasteiger partial charge is 0.408 e. The minimum absolute atomic E-state index is 0.175. The third-order valence-electron chi connectivity index (χ3n) is 4.01. The van der Waals surface area contributed by atoms with Crippen LogP contribution >= 0.6 is 0 Å². The molecular formula is C22H33NO3. The Morgan fingerprint density at radius 2 is 1.96 bits per heavy atom. The van der Waals surface area contributed by atoms with Crippen molar-refractivity contribution in [1.29, 1.82) is 0 Å².